The van der Waals surface area contributed by atoms with Crippen molar-refractivity contribution in [2.45, 2.75) is 38.1 Å². The number of ether oxygens (including phenoxy) is 1. The fourth-order valence-electron chi connectivity index (χ4n) is 2.48. The maximum Gasteiger partial charge on any atom is 0.328 e. The van der Waals surface area contributed by atoms with Gasteiger partial charge in [0.15, 0.2) is 5.82 Å². The first-order valence-electron chi connectivity index (χ1n) is 8.82. The van der Waals surface area contributed by atoms with E-state index in [0.717, 1.165) is 0 Å². The Morgan fingerprint density at radius 2 is 1.86 bits per heavy atom. The van der Waals surface area contributed by atoms with Crippen molar-refractivity contribution in [2.24, 2.45) is 5.92 Å². The number of sulfonamides is 1. The Labute approximate surface area is 169 Å². The second-order valence-electron chi connectivity index (χ2n) is 6.76. The van der Waals surface area contributed by atoms with Gasteiger partial charge in [-0.15, -0.1) is 0 Å². The average molecular weight is 424 g/mol. The lowest BCUT2D eigenvalue weighted by Gasteiger charge is -2.18. The first-order valence-corrected chi connectivity index (χ1v) is 10.3. The lowest BCUT2D eigenvalue weighted by atomic mass is 10.0. The van der Waals surface area contributed by atoms with Crippen LogP contribution in [0.5, 0.6) is 0 Å². The quantitative estimate of drug-likeness (QED) is 0.553. The number of carbonyl (C=O) groups is 2. The Morgan fingerprint density at radius 1 is 1.21 bits per heavy atom. The van der Waals surface area contributed by atoms with E-state index in [4.69, 9.17) is 9.26 Å². The summed E-state index contributed by atoms with van der Waals surface area (Å²) >= 11 is 0. The van der Waals surface area contributed by atoms with E-state index in [0.29, 0.717) is 17.9 Å². The van der Waals surface area contributed by atoms with E-state index in [2.05, 4.69) is 20.5 Å². The van der Waals surface area contributed by atoms with E-state index in [1.165, 1.54) is 37.4 Å². The summed E-state index contributed by atoms with van der Waals surface area (Å²) < 4.78 is 36.5. The molecule has 0 saturated heterocycles. The van der Waals surface area contributed by atoms with Crippen LogP contribution in [-0.4, -0.2) is 38.7 Å². The van der Waals surface area contributed by atoms with Crippen molar-refractivity contribution in [1.82, 2.24) is 10.5 Å². The third-order valence-corrected chi connectivity index (χ3v) is 5.16. The van der Waals surface area contributed by atoms with Crippen molar-refractivity contribution >= 4 is 33.5 Å². The third kappa shape index (κ3) is 6.49. The molecule has 0 saturated carbocycles. The maximum absolute atomic E-state index is 12.4. The molecule has 2 amide bonds. The number of hydrogen-bond donors (Lipinski definition) is 3. The van der Waals surface area contributed by atoms with Crippen molar-refractivity contribution in [2.75, 3.05) is 17.1 Å². The second-order valence-corrected chi connectivity index (χ2v) is 8.44. The zero-order valence-electron chi connectivity index (χ0n) is 16.6. The van der Waals surface area contributed by atoms with Crippen LogP contribution in [0, 0.1) is 12.8 Å². The number of rotatable bonds is 8. The summed E-state index contributed by atoms with van der Waals surface area (Å²) in [7, 11) is -2.60. The third-order valence-electron chi connectivity index (χ3n) is 3.79. The molecule has 29 heavy (non-hydrogen) atoms. The number of urea groups is 1. The number of nitrogens with zero attached hydrogens (tertiary/aromatic N) is 1. The van der Waals surface area contributed by atoms with Gasteiger partial charge in [-0.25, -0.2) is 18.0 Å². The first kappa shape index (κ1) is 22.2. The van der Waals surface area contributed by atoms with Crippen LogP contribution in [0.15, 0.2) is 39.8 Å². The molecule has 1 aromatic carbocycles. The molecule has 0 aliphatic rings. The first-order chi connectivity index (χ1) is 13.6. The van der Waals surface area contributed by atoms with Gasteiger partial charge in [-0.2, -0.15) is 0 Å². The van der Waals surface area contributed by atoms with Crippen LogP contribution in [0.1, 0.15) is 26.0 Å². The zero-order valence-corrected chi connectivity index (χ0v) is 17.4. The molecule has 1 aromatic heterocycles. The Hall–Kier alpha value is -3.08. The summed E-state index contributed by atoms with van der Waals surface area (Å²) in [5.74, 6) is 0.174. The molecular formula is C18H24N4O6S. The molecular weight excluding hydrogens is 400 g/mol. The smallest absolute Gasteiger partial charge is 0.328 e. The summed E-state index contributed by atoms with van der Waals surface area (Å²) in [5, 5.41) is 8.69. The van der Waals surface area contributed by atoms with Gasteiger partial charge in [0, 0.05) is 11.8 Å². The molecule has 1 heterocycles. The van der Waals surface area contributed by atoms with E-state index < -0.39 is 28.1 Å². The van der Waals surface area contributed by atoms with Gasteiger partial charge in [-0.3, -0.25) is 4.72 Å². The molecule has 0 spiro atoms. The molecule has 0 fully saturated rings. The van der Waals surface area contributed by atoms with E-state index in [-0.39, 0.29) is 16.6 Å². The van der Waals surface area contributed by atoms with Gasteiger partial charge >= 0.3 is 12.0 Å². The van der Waals surface area contributed by atoms with Crippen molar-refractivity contribution in [3.63, 3.8) is 0 Å². The van der Waals surface area contributed by atoms with Gasteiger partial charge in [0.1, 0.15) is 11.8 Å². The summed E-state index contributed by atoms with van der Waals surface area (Å²) in [6.45, 7) is 5.48. The number of methoxy groups -OCH3 is 1. The highest BCUT2D eigenvalue weighted by atomic mass is 32.2. The van der Waals surface area contributed by atoms with Crippen molar-refractivity contribution in [1.29, 1.82) is 0 Å². The molecule has 3 N–H and O–H groups in total. The molecule has 1 atom stereocenters. The number of amides is 2. The van der Waals surface area contributed by atoms with Crippen LogP contribution in [0.3, 0.4) is 0 Å². The monoisotopic (exact) mass is 424 g/mol. The van der Waals surface area contributed by atoms with Gasteiger partial charge < -0.3 is 19.9 Å². The number of aryl methyl sites for hydroxylation is 1. The number of carbonyl (C=O) groups excluding carboxylic acids is 2. The van der Waals surface area contributed by atoms with Crippen LogP contribution in [0.2, 0.25) is 0 Å². The van der Waals surface area contributed by atoms with Gasteiger partial charge in [-0.1, -0.05) is 19.0 Å². The van der Waals surface area contributed by atoms with E-state index in [1.807, 2.05) is 13.8 Å². The van der Waals surface area contributed by atoms with E-state index in [9.17, 15) is 18.0 Å². The van der Waals surface area contributed by atoms with E-state index in [1.54, 1.807) is 6.92 Å². The highest BCUT2D eigenvalue weighted by Crippen LogP contribution is 2.18. The number of esters is 1. The Morgan fingerprint density at radius 3 is 2.38 bits per heavy atom. The minimum atomic E-state index is -3.85. The minimum Gasteiger partial charge on any atom is -0.467 e. The standard InChI is InChI=1S/C18H24N4O6S/c1-11(2)9-15(17(23)27-4)20-18(24)19-13-5-7-14(8-6-13)29(25,26)22-16-10-12(3)28-21-16/h5-8,10-11,15H,9H2,1-4H3,(H,21,22)(H2,19,20,24)/t15-/m0/s1. The van der Waals surface area contributed by atoms with Crippen LogP contribution >= 0.6 is 0 Å². The zero-order chi connectivity index (χ0) is 21.6. The molecule has 0 aliphatic heterocycles. The second kappa shape index (κ2) is 9.41. The Balaban J connectivity index is 2.02. The van der Waals surface area contributed by atoms with Gasteiger partial charge in [0.25, 0.3) is 10.0 Å². The topological polar surface area (TPSA) is 140 Å². The molecule has 2 rings (SSSR count). The summed E-state index contributed by atoms with van der Waals surface area (Å²) in [6.07, 6.45) is 0.421. The van der Waals surface area contributed by atoms with Crippen molar-refractivity contribution in [3.8, 4) is 0 Å². The van der Waals surface area contributed by atoms with Crippen LogP contribution in [-0.2, 0) is 19.6 Å². The number of benzene rings is 1. The predicted molar refractivity (Wildman–Crippen MR) is 106 cm³/mol. The van der Waals surface area contributed by atoms with Gasteiger partial charge in [0.05, 0.1) is 12.0 Å². The molecule has 0 radical (unpaired) electrons. The SMILES string of the molecule is COC(=O)[C@H](CC(C)C)NC(=O)Nc1ccc(S(=O)(=O)Nc2cc(C)on2)cc1. The lowest BCUT2D eigenvalue weighted by molar-refractivity contribution is -0.143. The molecule has 0 bridgehead atoms. The van der Waals surface area contributed by atoms with Crippen LogP contribution < -0.4 is 15.4 Å². The fourth-order valence-corrected chi connectivity index (χ4v) is 3.47. The fraction of sp³-hybridized carbons (Fsp3) is 0.389. The number of nitrogens with one attached hydrogen (secondary N) is 3. The minimum absolute atomic E-state index is 0.0173. The maximum atomic E-state index is 12.4. The largest absolute Gasteiger partial charge is 0.467 e. The molecule has 0 aliphatic carbocycles. The van der Waals surface area contributed by atoms with Gasteiger partial charge in [0.2, 0.25) is 0 Å². The lowest BCUT2D eigenvalue weighted by Crippen LogP contribution is -2.44. The number of hydrogen-bond acceptors (Lipinski definition) is 7. The van der Waals surface area contributed by atoms with Gasteiger partial charge in [-0.05, 0) is 43.5 Å². The Bertz CT molecular complexity index is 953. The van der Waals surface area contributed by atoms with Crippen LogP contribution in [0.25, 0.3) is 0 Å². The Kier molecular flexibility index (Phi) is 7.21. The normalized spacial score (nSPS) is 12.3. The molecule has 158 valence electrons. The summed E-state index contributed by atoms with van der Waals surface area (Å²) in [5.41, 5.74) is 0.354. The number of aromatic nitrogens is 1. The summed E-state index contributed by atoms with van der Waals surface area (Å²) in [4.78, 5) is 23.9. The van der Waals surface area contributed by atoms with Crippen LogP contribution in [0.4, 0.5) is 16.3 Å². The van der Waals surface area contributed by atoms with E-state index >= 15 is 0 Å². The van der Waals surface area contributed by atoms with Crippen molar-refractivity contribution in [3.05, 3.63) is 36.1 Å². The highest BCUT2D eigenvalue weighted by Gasteiger charge is 2.23. The molecule has 0 unspecified atom stereocenters. The molecule has 10 nitrogen and oxygen atoms in total. The molecule has 2 aromatic rings. The predicted octanol–water partition coefficient (Wildman–Crippen LogP) is 2.49. The number of anilines is 2. The highest BCUT2D eigenvalue weighted by molar-refractivity contribution is 7.92. The molecule has 11 heteroatoms. The average Bonchev–Trinajstić information content (AvgIpc) is 3.04. The van der Waals surface area contributed by atoms with Crippen molar-refractivity contribution < 1.29 is 27.3 Å². The summed E-state index contributed by atoms with van der Waals surface area (Å²) in [6, 6.07) is 5.58.